The molecule has 6 nitrogen and oxygen atoms in total. The van der Waals surface area contributed by atoms with Crippen molar-refractivity contribution in [1.82, 2.24) is 30.0 Å². The minimum absolute atomic E-state index is 0.585. The molecule has 2 aromatic heterocycles. The zero-order chi connectivity index (χ0) is 14.4. The first kappa shape index (κ1) is 12.0. The van der Waals surface area contributed by atoms with E-state index in [0.717, 1.165) is 22.1 Å². The first-order valence-corrected chi connectivity index (χ1v) is 6.80. The van der Waals surface area contributed by atoms with Crippen molar-refractivity contribution in [3.8, 4) is 0 Å². The van der Waals surface area contributed by atoms with Gasteiger partial charge in [0.2, 0.25) is 0 Å². The van der Waals surface area contributed by atoms with Crippen LogP contribution in [0.5, 0.6) is 0 Å². The van der Waals surface area contributed by atoms with Crippen LogP contribution < -0.4 is 0 Å². The zero-order valence-electron chi connectivity index (χ0n) is 11.8. The quantitative estimate of drug-likeness (QED) is 0.565. The lowest BCUT2D eigenvalue weighted by Gasteiger charge is -2.22. The van der Waals surface area contributed by atoms with E-state index in [1.165, 1.54) is 0 Å². The molecule has 4 rings (SSSR count). The predicted molar refractivity (Wildman–Crippen MR) is 79.8 cm³/mol. The van der Waals surface area contributed by atoms with Crippen LogP contribution in [0.3, 0.4) is 0 Å². The summed E-state index contributed by atoms with van der Waals surface area (Å²) >= 11 is 0. The lowest BCUT2D eigenvalue weighted by molar-refractivity contribution is 0.185. The Kier molecular flexibility index (Phi) is 2.35. The molecule has 0 N–H and O–H groups in total. The molecule has 0 saturated carbocycles. The van der Waals surface area contributed by atoms with Gasteiger partial charge in [-0.15, -0.1) is 0 Å². The lowest BCUT2D eigenvalue weighted by Crippen LogP contribution is -2.38. The summed E-state index contributed by atoms with van der Waals surface area (Å²) in [7, 11) is 0. The Morgan fingerprint density at radius 2 is 0.905 bits per heavy atom. The van der Waals surface area contributed by atoms with Crippen LogP contribution in [-0.2, 0) is 5.66 Å². The third kappa shape index (κ3) is 1.79. The molecule has 0 aliphatic carbocycles. The number of rotatable bonds is 2. The monoisotopic (exact) mass is 278 g/mol. The highest BCUT2D eigenvalue weighted by Crippen LogP contribution is 2.19. The second kappa shape index (κ2) is 4.12. The standard InChI is InChI=1S/C15H14N6/c1-15(2,20-16-11-7-3-4-8-12(11)17-20)21-18-13-9-5-6-10-14(13)19-21/h3-10H,1-2H3. The van der Waals surface area contributed by atoms with Crippen molar-refractivity contribution in [3.05, 3.63) is 48.5 Å². The van der Waals surface area contributed by atoms with Crippen molar-refractivity contribution in [2.45, 2.75) is 19.5 Å². The number of benzene rings is 2. The highest BCUT2D eigenvalue weighted by atomic mass is 15.6. The zero-order valence-corrected chi connectivity index (χ0v) is 11.8. The molecule has 0 spiro atoms. The molecule has 0 bridgehead atoms. The Morgan fingerprint density at radius 3 is 1.19 bits per heavy atom. The average Bonchev–Trinajstić information content (AvgIpc) is 3.11. The van der Waals surface area contributed by atoms with Crippen LogP contribution in [-0.4, -0.2) is 30.0 Å². The molecule has 0 amide bonds. The Balaban J connectivity index is 1.87. The number of hydrogen-bond acceptors (Lipinski definition) is 4. The van der Waals surface area contributed by atoms with Crippen molar-refractivity contribution < 1.29 is 0 Å². The fraction of sp³-hybridized carbons (Fsp3) is 0.200. The number of aromatic nitrogens is 6. The number of nitrogens with zero attached hydrogens (tertiary/aromatic N) is 6. The molecule has 2 aromatic carbocycles. The summed E-state index contributed by atoms with van der Waals surface area (Å²) in [4.78, 5) is 3.33. The molecule has 21 heavy (non-hydrogen) atoms. The Hall–Kier alpha value is -2.76. The van der Waals surface area contributed by atoms with Gasteiger partial charge >= 0.3 is 0 Å². The average molecular weight is 278 g/mol. The fourth-order valence-electron chi connectivity index (χ4n) is 2.29. The maximum atomic E-state index is 4.54. The number of hydrogen-bond donors (Lipinski definition) is 0. The molecular weight excluding hydrogens is 264 g/mol. The van der Waals surface area contributed by atoms with Crippen LogP contribution in [0, 0.1) is 0 Å². The van der Waals surface area contributed by atoms with Crippen LogP contribution in [0.25, 0.3) is 22.1 Å². The van der Waals surface area contributed by atoms with Crippen molar-refractivity contribution in [2.75, 3.05) is 0 Å². The normalized spacial score (nSPS) is 12.3. The van der Waals surface area contributed by atoms with Crippen molar-refractivity contribution >= 4 is 22.1 Å². The van der Waals surface area contributed by atoms with Crippen LogP contribution in [0.4, 0.5) is 0 Å². The topological polar surface area (TPSA) is 61.4 Å². The Morgan fingerprint density at radius 1 is 0.619 bits per heavy atom. The molecule has 0 unspecified atom stereocenters. The maximum absolute atomic E-state index is 4.54. The second-order valence-electron chi connectivity index (χ2n) is 5.45. The van der Waals surface area contributed by atoms with E-state index in [-0.39, 0.29) is 0 Å². The SMILES string of the molecule is CC(C)(n1nc2ccccc2n1)n1nc2ccccc2n1. The minimum atomic E-state index is -0.585. The molecule has 0 atom stereocenters. The van der Waals surface area contributed by atoms with Crippen molar-refractivity contribution in [1.29, 1.82) is 0 Å². The lowest BCUT2D eigenvalue weighted by atomic mass is 10.3. The van der Waals surface area contributed by atoms with Gasteiger partial charge in [-0.3, -0.25) is 0 Å². The van der Waals surface area contributed by atoms with Crippen LogP contribution in [0.1, 0.15) is 13.8 Å². The predicted octanol–water partition coefficient (Wildman–Crippen LogP) is 2.42. The molecule has 4 aromatic rings. The van der Waals surface area contributed by atoms with E-state index < -0.39 is 5.66 Å². The smallest absolute Gasteiger partial charge is 0.154 e. The van der Waals surface area contributed by atoms with Crippen LogP contribution in [0.2, 0.25) is 0 Å². The minimum Gasteiger partial charge on any atom is -0.154 e. The summed E-state index contributed by atoms with van der Waals surface area (Å²) in [6, 6.07) is 15.6. The Bertz CT molecular complexity index is 791. The molecule has 0 aliphatic rings. The highest BCUT2D eigenvalue weighted by Gasteiger charge is 2.28. The van der Waals surface area contributed by atoms with Crippen molar-refractivity contribution in [3.63, 3.8) is 0 Å². The third-order valence-corrected chi connectivity index (χ3v) is 3.55. The summed E-state index contributed by atoms with van der Waals surface area (Å²) in [5.74, 6) is 0. The van der Waals surface area contributed by atoms with E-state index in [1.54, 1.807) is 9.59 Å². The molecule has 6 heteroatoms. The molecule has 104 valence electrons. The van der Waals surface area contributed by atoms with Gasteiger partial charge in [-0.1, -0.05) is 24.3 Å². The van der Waals surface area contributed by atoms with Gasteiger partial charge < -0.3 is 0 Å². The second-order valence-corrected chi connectivity index (χ2v) is 5.45. The van der Waals surface area contributed by atoms with Gasteiger partial charge in [0.15, 0.2) is 5.66 Å². The van der Waals surface area contributed by atoms with Crippen molar-refractivity contribution in [2.24, 2.45) is 0 Å². The summed E-state index contributed by atoms with van der Waals surface area (Å²) in [5.41, 5.74) is 2.87. The first-order valence-electron chi connectivity index (χ1n) is 6.80. The fourth-order valence-corrected chi connectivity index (χ4v) is 2.29. The summed E-state index contributed by atoms with van der Waals surface area (Å²) in [6.07, 6.45) is 0. The third-order valence-electron chi connectivity index (χ3n) is 3.55. The van der Waals surface area contributed by atoms with E-state index in [1.807, 2.05) is 62.4 Å². The molecular formula is C15H14N6. The van der Waals surface area contributed by atoms with E-state index >= 15 is 0 Å². The summed E-state index contributed by atoms with van der Waals surface area (Å²) in [6.45, 7) is 3.98. The van der Waals surface area contributed by atoms with Gasteiger partial charge in [0.05, 0.1) is 0 Å². The van der Waals surface area contributed by atoms with Gasteiger partial charge in [0.1, 0.15) is 22.1 Å². The van der Waals surface area contributed by atoms with E-state index in [9.17, 15) is 0 Å². The maximum Gasteiger partial charge on any atom is 0.186 e. The molecule has 0 fully saturated rings. The van der Waals surface area contributed by atoms with Gasteiger partial charge in [-0.05, 0) is 38.1 Å². The molecule has 0 saturated heterocycles. The Labute approximate surface area is 121 Å². The van der Waals surface area contributed by atoms with Gasteiger partial charge in [-0.25, -0.2) is 0 Å². The van der Waals surface area contributed by atoms with Gasteiger partial charge in [0, 0.05) is 0 Å². The molecule has 0 radical (unpaired) electrons. The molecule has 0 aliphatic heterocycles. The molecule has 2 heterocycles. The summed E-state index contributed by atoms with van der Waals surface area (Å²) in [5, 5.41) is 18.1. The van der Waals surface area contributed by atoms with E-state index in [2.05, 4.69) is 20.4 Å². The van der Waals surface area contributed by atoms with E-state index in [0.29, 0.717) is 0 Å². The number of fused-ring (bicyclic) bond motifs is 2. The highest BCUT2D eigenvalue weighted by molar-refractivity contribution is 5.73. The van der Waals surface area contributed by atoms with E-state index in [4.69, 9.17) is 0 Å². The van der Waals surface area contributed by atoms with Crippen LogP contribution >= 0.6 is 0 Å². The first-order chi connectivity index (χ1) is 10.1. The van der Waals surface area contributed by atoms with Gasteiger partial charge in [-0.2, -0.15) is 30.0 Å². The van der Waals surface area contributed by atoms with Crippen LogP contribution in [0.15, 0.2) is 48.5 Å². The van der Waals surface area contributed by atoms with Gasteiger partial charge in [0.25, 0.3) is 0 Å². The largest absolute Gasteiger partial charge is 0.186 e. The summed E-state index contributed by atoms with van der Waals surface area (Å²) < 4.78 is 0.